The minimum Gasteiger partial charge on any atom is -0.444 e. The SMILES string of the molecule is CC(C)(C)OC(=O)N1CCC(Nc2ccc(C(=O)Nc3ccccn3)c3ncccc23)CC1. The Kier molecular flexibility index (Phi) is 6.44. The summed E-state index contributed by atoms with van der Waals surface area (Å²) in [6.07, 6.45) is 4.67. The number of carbonyl (C=O) groups is 2. The largest absolute Gasteiger partial charge is 0.444 e. The molecule has 0 atom stereocenters. The monoisotopic (exact) mass is 447 g/mol. The van der Waals surface area contributed by atoms with E-state index in [1.54, 1.807) is 35.5 Å². The smallest absolute Gasteiger partial charge is 0.410 e. The summed E-state index contributed by atoms with van der Waals surface area (Å²) >= 11 is 0. The zero-order chi connectivity index (χ0) is 23.4. The summed E-state index contributed by atoms with van der Waals surface area (Å²) in [7, 11) is 0. The summed E-state index contributed by atoms with van der Waals surface area (Å²) in [6, 6.07) is 13.1. The molecule has 2 N–H and O–H groups in total. The van der Waals surface area contributed by atoms with Crippen molar-refractivity contribution in [3.8, 4) is 0 Å². The van der Waals surface area contributed by atoms with Crippen LogP contribution in [0, 0.1) is 0 Å². The number of hydrogen-bond acceptors (Lipinski definition) is 6. The van der Waals surface area contributed by atoms with Crippen LogP contribution in [0.4, 0.5) is 16.3 Å². The van der Waals surface area contributed by atoms with Gasteiger partial charge in [-0.15, -0.1) is 0 Å². The van der Waals surface area contributed by atoms with Crippen molar-refractivity contribution in [3.05, 3.63) is 60.4 Å². The predicted octanol–water partition coefficient (Wildman–Crippen LogP) is 4.69. The third-order valence-electron chi connectivity index (χ3n) is 5.43. The lowest BCUT2D eigenvalue weighted by atomic mass is 10.0. The highest BCUT2D eigenvalue weighted by atomic mass is 16.6. The van der Waals surface area contributed by atoms with E-state index >= 15 is 0 Å². The van der Waals surface area contributed by atoms with Gasteiger partial charge in [0.15, 0.2) is 0 Å². The standard InChI is InChI=1S/C25H29N5O3/c1-25(2,3)33-24(32)30-15-11-17(12-16-30)28-20-10-9-19(22-18(20)7-6-14-27-22)23(31)29-21-8-4-5-13-26-21/h4-10,13-14,17,28H,11-12,15-16H2,1-3H3,(H,26,29,31). The van der Waals surface area contributed by atoms with Gasteiger partial charge in [0.25, 0.3) is 5.91 Å². The number of hydrogen-bond donors (Lipinski definition) is 2. The Morgan fingerprint density at radius 1 is 1.00 bits per heavy atom. The van der Waals surface area contributed by atoms with E-state index in [2.05, 4.69) is 20.6 Å². The van der Waals surface area contributed by atoms with Gasteiger partial charge in [-0.3, -0.25) is 9.78 Å². The fourth-order valence-electron chi connectivity index (χ4n) is 3.85. The summed E-state index contributed by atoms with van der Waals surface area (Å²) in [5, 5.41) is 7.28. The number of anilines is 2. The van der Waals surface area contributed by atoms with Crippen LogP contribution in [0.5, 0.6) is 0 Å². The molecule has 0 radical (unpaired) electrons. The summed E-state index contributed by atoms with van der Waals surface area (Å²) < 4.78 is 5.48. The summed E-state index contributed by atoms with van der Waals surface area (Å²) in [5.41, 5.74) is 1.54. The van der Waals surface area contributed by atoms with Crippen LogP contribution in [0.1, 0.15) is 44.0 Å². The zero-order valence-corrected chi connectivity index (χ0v) is 19.2. The molecule has 1 fully saturated rings. The first-order valence-corrected chi connectivity index (χ1v) is 11.1. The van der Waals surface area contributed by atoms with Crippen molar-refractivity contribution in [2.75, 3.05) is 23.7 Å². The molecule has 4 rings (SSSR count). The lowest BCUT2D eigenvalue weighted by Crippen LogP contribution is -2.44. The first-order valence-electron chi connectivity index (χ1n) is 11.1. The molecule has 0 saturated carbocycles. The predicted molar refractivity (Wildman–Crippen MR) is 128 cm³/mol. The molecule has 0 spiro atoms. The maximum absolute atomic E-state index is 12.9. The number of likely N-dealkylation sites (tertiary alicyclic amines) is 1. The van der Waals surface area contributed by atoms with Crippen LogP contribution in [-0.2, 0) is 4.74 Å². The van der Waals surface area contributed by atoms with E-state index in [9.17, 15) is 9.59 Å². The number of nitrogens with zero attached hydrogens (tertiary/aromatic N) is 3. The minimum absolute atomic E-state index is 0.209. The van der Waals surface area contributed by atoms with Gasteiger partial charge in [-0.05, 0) is 70.0 Å². The van der Waals surface area contributed by atoms with Crippen molar-refractivity contribution in [1.82, 2.24) is 14.9 Å². The Labute approximate surface area is 193 Å². The van der Waals surface area contributed by atoms with Crippen LogP contribution in [0.25, 0.3) is 10.9 Å². The van der Waals surface area contributed by atoms with Gasteiger partial charge in [-0.25, -0.2) is 9.78 Å². The molecule has 1 saturated heterocycles. The summed E-state index contributed by atoms with van der Waals surface area (Å²) in [6.45, 7) is 6.89. The molecule has 1 aliphatic rings. The second-order valence-electron chi connectivity index (χ2n) is 9.12. The third-order valence-corrected chi connectivity index (χ3v) is 5.43. The second kappa shape index (κ2) is 9.44. The quantitative estimate of drug-likeness (QED) is 0.602. The number of piperidine rings is 1. The molecule has 2 amide bonds. The van der Waals surface area contributed by atoms with E-state index in [1.165, 1.54) is 0 Å². The molecule has 172 valence electrons. The van der Waals surface area contributed by atoms with Crippen molar-refractivity contribution in [2.24, 2.45) is 0 Å². The molecular formula is C25H29N5O3. The van der Waals surface area contributed by atoms with E-state index < -0.39 is 5.60 Å². The Bertz CT molecular complexity index is 1140. The van der Waals surface area contributed by atoms with Crippen molar-refractivity contribution in [2.45, 2.75) is 45.3 Å². The Balaban J connectivity index is 1.46. The van der Waals surface area contributed by atoms with Gasteiger partial charge < -0.3 is 20.3 Å². The highest BCUT2D eigenvalue weighted by Gasteiger charge is 2.27. The van der Waals surface area contributed by atoms with Crippen molar-refractivity contribution in [3.63, 3.8) is 0 Å². The van der Waals surface area contributed by atoms with Crippen LogP contribution in [0.2, 0.25) is 0 Å². The Morgan fingerprint density at radius 3 is 2.45 bits per heavy atom. The third kappa shape index (κ3) is 5.58. The van der Waals surface area contributed by atoms with Crippen molar-refractivity contribution in [1.29, 1.82) is 0 Å². The highest BCUT2D eigenvalue weighted by molar-refractivity contribution is 6.13. The fraction of sp³-hybridized carbons (Fsp3) is 0.360. The molecular weight excluding hydrogens is 418 g/mol. The van der Waals surface area contributed by atoms with E-state index in [4.69, 9.17) is 4.74 Å². The van der Waals surface area contributed by atoms with Crippen molar-refractivity contribution >= 4 is 34.4 Å². The molecule has 2 aromatic heterocycles. The van der Waals surface area contributed by atoms with Gasteiger partial charge in [0.2, 0.25) is 0 Å². The molecule has 8 nitrogen and oxygen atoms in total. The average molecular weight is 448 g/mol. The maximum Gasteiger partial charge on any atom is 0.410 e. The number of fused-ring (bicyclic) bond motifs is 1. The van der Waals surface area contributed by atoms with E-state index in [0.717, 1.165) is 23.9 Å². The normalized spacial score (nSPS) is 14.7. The minimum atomic E-state index is -0.497. The Hall–Kier alpha value is -3.68. The molecule has 8 heteroatoms. The van der Waals surface area contributed by atoms with E-state index in [1.807, 2.05) is 45.0 Å². The first-order chi connectivity index (χ1) is 15.8. The summed E-state index contributed by atoms with van der Waals surface area (Å²) in [5.74, 6) is 0.236. The lowest BCUT2D eigenvalue weighted by Gasteiger charge is -2.34. The molecule has 1 aliphatic heterocycles. The van der Waals surface area contributed by atoms with Crippen LogP contribution in [-0.4, -0.2) is 51.6 Å². The number of aromatic nitrogens is 2. The van der Waals surface area contributed by atoms with Gasteiger partial charge in [0.1, 0.15) is 11.4 Å². The summed E-state index contributed by atoms with van der Waals surface area (Å²) in [4.78, 5) is 35.6. The fourth-order valence-corrected chi connectivity index (χ4v) is 3.85. The van der Waals surface area contributed by atoms with Crippen molar-refractivity contribution < 1.29 is 14.3 Å². The molecule has 0 aliphatic carbocycles. The number of amides is 2. The molecule has 1 aromatic carbocycles. The van der Waals surface area contributed by atoms with E-state index in [-0.39, 0.29) is 18.0 Å². The average Bonchev–Trinajstić information content (AvgIpc) is 2.79. The maximum atomic E-state index is 12.9. The number of pyridine rings is 2. The second-order valence-corrected chi connectivity index (χ2v) is 9.12. The van der Waals surface area contributed by atoms with Crippen LogP contribution < -0.4 is 10.6 Å². The van der Waals surface area contributed by atoms with Gasteiger partial charge in [-0.1, -0.05) is 6.07 Å². The van der Waals surface area contributed by atoms with Crippen LogP contribution in [0.15, 0.2) is 54.9 Å². The van der Waals surface area contributed by atoms with Gasteiger partial charge in [0, 0.05) is 42.6 Å². The van der Waals surface area contributed by atoms with E-state index in [0.29, 0.717) is 30.0 Å². The molecule has 33 heavy (non-hydrogen) atoms. The number of benzene rings is 1. The topological polar surface area (TPSA) is 96.5 Å². The van der Waals surface area contributed by atoms with Crippen LogP contribution in [0.3, 0.4) is 0 Å². The number of nitrogens with one attached hydrogen (secondary N) is 2. The molecule has 0 bridgehead atoms. The highest BCUT2D eigenvalue weighted by Crippen LogP contribution is 2.28. The Morgan fingerprint density at radius 2 is 1.76 bits per heavy atom. The lowest BCUT2D eigenvalue weighted by molar-refractivity contribution is 0.0210. The zero-order valence-electron chi connectivity index (χ0n) is 19.2. The van der Waals surface area contributed by atoms with Crippen LogP contribution >= 0.6 is 0 Å². The van der Waals surface area contributed by atoms with Gasteiger partial charge >= 0.3 is 6.09 Å². The number of carbonyl (C=O) groups excluding carboxylic acids is 2. The van der Waals surface area contributed by atoms with Gasteiger partial charge in [0.05, 0.1) is 11.1 Å². The molecule has 0 unspecified atom stereocenters. The molecule has 3 aromatic rings. The number of ether oxygens (including phenoxy) is 1. The number of rotatable bonds is 4. The molecule has 3 heterocycles. The van der Waals surface area contributed by atoms with Gasteiger partial charge in [-0.2, -0.15) is 0 Å². The first kappa shape index (κ1) is 22.5.